The van der Waals surface area contributed by atoms with E-state index in [9.17, 15) is 4.79 Å². The maximum Gasteiger partial charge on any atom is 0.273 e. The molecule has 8 nitrogen and oxygen atoms in total. The van der Waals surface area contributed by atoms with Crippen molar-refractivity contribution in [3.63, 3.8) is 0 Å². The third kappa shape index (κ3) is 4.50. The molecule has 6 rings (SSSR count). The lowest BCUT2D eigenvalue weighted by molar-refractivity contribution is 0.0774. The molecule has 2 fully saturated rings. The number of fused-ring (bicyclic) bond motifs is 2. The maximum atomic E-state index is 13.3. The molecule has 1 aromatic carbocycles. The van der Waals surface area contributed by atoms with Gasteiger partial charge in [-0.2, -0.15) is 4.98 Å². The van der Waals surface area contributed by atoms with Gasteiger partial charge in [0.05, 0.1) is 12.1 Å². The summed E-state index contributed by atoms with van der Waals surface area (Å²) < 4.78 is 0. The number of likely N-dealkylation sites (tertiary alicyclic amines) is 1. The summed E-state index contributed by atoms with van der Waals surface area (Å²) >= 11 is 0. The molecular formula is C28H35N7O. The smallest absolute Gasteiger partial charge is 0.273 e. The Bertz CT molecular complexity index is 1260. The van der Waals surface area contributed by atoms with E-state index in [1.165, 1.54) is 25.9 Å². The number of carbonyl (C=O) groups is 1. The van der Waals surface area contributed by atoms with E-state index in [1.54, 1.807) is 0 Å². The number of benzene rings is 1. The molecule has 188 valence electrons. The van der Waals surface area contributed by atoms with Gasteiger partial charge in [0.25, 0.3) is 5.91 Å². The van der Waals surface area contributed by atoms with Gasteiger partial charge >= 0.3 is 0 Å². The van der Waals surface area contributed by atoms with Gasteiger partial charge in [-0.3, -0.25) is 9.78 Å². The summed E-state index contributed by atoms with van der Waals surface area (Å²) in [5, 5.41) is 4.68. The number of aromatic nitrogens is 3. The summed E-state index contributed by atoms with van der Waals surface area (Å²) in [7, 11) is 0. The van der Waals surface area contributed by atoms with Gasteiger partial charge in [0.2, 0.25) is 5.95 Å². The topological polar surface area (TPSA) is 77.5 Å². The zero-order chi connectivity index (χ0) is 24.5. The molecule has 8 heteroatoms. The molecule has 3 aliphatic rings. The number of pyridine rings is 1. The van der Waals surface area contributed by atoms with Crippen LogP contribution in [0, 0.1) is 0 Å². The second kappa shape index (κ2) is 10.0. The van der Waals surface area contributed by atoms with Crippen molar-refractivity contribution in [3.05, 3.63) is 53.3 Å². The molecule has 0 aliphatic carbocycles. The van der Waals surface area contributed by atoms with Crippen LogP contribution in [0.3, 0.4) is 0 Å². The Morgan fingerprint density at radius 3 is 2.81 bits per heavy atom. The van der Waals surface area contributed by atoms with Gasteiger partial charge in [-0.1, -0.05) is 25.1 Å². The molecule has 3 aliphatic heterocycles. The molecule has 5 heterocycles. The number of anilines is 2. The van der Waals surface area contributed by atoms with E-state index in [0.717, 1.165) is 66.7 Å². The van der Waals surface area contributed by atoms with Crippen molar-refractivity contribution in [1.82, 2.24) is 24.8 Å². The Morgan fingerprint density at radius 1 is 1.08 bits per heavy atom. The number of nitrogens with one attached hydrogen (secondary N) is 1. The van der Waals surface area contributed by atoms with E-state index in [0.29, 0.717) is 30.8 Å². The van der Waals surface area contributed by atoms with E-state index in [2.05, 4.69) is 39.2 Å². The highest BCUT2D eigenvalue weighted by molar-refractivity contribution is 5.98. The SMILES string of the molecule is CCCN1Cc2c(NCc3cnc4ccccc4c3)nc(N3CCC[C@H]3CN3CCCC3)nc2C1=O. The van der Waals surface area contributed by atoms with Crippen molar-refractivity contribution in [1.29, 1.82) is 0 Å². The minimum atomic E-state index is 0.0289. The second-order valence-corrected chi connectivity index (χ2v) is 10.3. The van der Waals surface area contributed by atoms with Crippen LogP contribution in [0.15, 0.2) is 36.5 Å². The lowest BCUT2D eigenvalue weighted by Gasteiger charge is -2.29. The van der Waals surface area contributed by atoms with Crippen molar-refractivity contribution in [2.75, 3.05) is 42.9 Å². The number of rotatable bonds is 8. The van der Waals surface area contributed by atoms with Crippen LogP contribution >= 0.6 is 0 Å². The van der Waals surface area contributed by atoms with Gasteiger partial charge in [-0.05, 0) is 62.9 Å². The van der Waals surface area contributed by atoms with Crippen LogP contribution in [0.1, 0.15) is 60.6 Å². The summed E-state index contributed by atoms with van der Waals surface area (Å²) in [6.45, 7) is 8.38. The molecule has 0 spiro atoms. The van der Waals surface area contributed by atoms with Gasteiger partial charge in [-0.25, -0.2) is 4.98 Å². The molecule has 0 saturated carbocycles. The first-order valence-corrected chi connectivity index (χ1v) is 13.5. The highest BCUT2D eigenvalue weighted by Gasteiger charge is 2.35. The fourth-order valence-corrected chi connectivity index (χ4v) is 5.89. The second-order valence-electron chi connectivity index (χ2n) is 10.3. The van der Waals surface area contributed by atoms with Gasteiger partial charge < -0.3 is 20.0 Å². The number of para-hydroxylation sites is 1. The molecule has 0 unspecified atom stereocenters. The van der Waals surface area contributed by atoms with Gasteiger partial charge in [-0.15, -0.1) is 0 Å². The zero-order valence-electron chi connectivity index (χ0n) is 21.1. The van der Waals surface area contributed by atoms with E-state index < -0.39 is 0 Å². The monoisotopic (exact) mass is 485 g/mol. The Labute approximate surface area is 212 Å². The Kier molecular flexibility index (Phi) is 6.44. The van der Waals surface area contributed by atoms with Crippen LogP contribution in [-0.4, -0.2) is 69.4 Å². The van der Waals surface area contributed by atoms with Crippen LogP contribution < -0.4 is 10.2 Å². The molecule has 1 atom stereocenters. The lowest BCUT2D eigenvalue weighted by Crippen LogP contribution is -2.40. The average molecular weight is 486 g/mol. The minimum Gasteiger partial charge on any atom is -0.365 e. The van der Waals surface area contributed by atoms with Crippen LogP contribution in [0.4, 0.5) is 11.8 Å². The number of amides is 1. The number of carbonyl (C=O) groups excluding carboxylic acids is 1. The Balaban J connectivity index is 1.29. The van der Waals surface area contributed by atoms with Crippen molar-refractivity contribution in [3.8, 4) is 0 Å². The van der Waals surface area contributed by atoms with E-state index >= 15 is 0 Å². The Morgan fingerprint density at radius 2 is 1.94 bits per heavy atom. The quantitative estimate of drug-likeness (QED) is 0.515. The first-order valence-electron chi connectivity index (χ1n) is 13.5. The molecule has 0 radical (unpaired) electrons. The van der Waals surface area contributed by atoms with Crippen molar-refractivity contribution in [2.24, 2.45) is 0 Å². The van der Waals surface area contributed by atoms with E-state index in [4.69, 9.17) is 9.97 Å². The maximum absolute atomic E-state index is 13.3. The van der Waals surface area contributed by atoms with Crippen LogP contribution in [-0.2, 0) is 13.1 Å². The summed E-state index contributed by atoms with van der Waals surface area (Å²) in [6, 6.07) is 10.7. The standard InChI is InChI=1S/C28H35N7O/c1-2-11-34-19-23-25(27(34)36)31-28(35-14-7-9-22(35)18-33-12-5-6-13-33)32-26(23)30-17-20-15-21-8-3-4-10-24(21)29-16-20/h3-4,8,10,15-16,22H,2,5-7,9,11-14,17-19H2,1H3,(H,30,31,32)/t22-/m0/s1. The number of hydrogen-bond acceptors (Lipinski definition) is 7. The normalized spacial score (nSPS) is 20.0. The molecule has 2 aromatic heterocycles. The first-order chi connectivity index (χ1) is 17.7. The first kappa shape index (κ1) is 23.2. The minimum absolute atomic E-state index is 0.0289. The van der Waals surface area contributed by atoms with Crippen LogP contribution in [0.5, 0.6) is 0 Å². The van der Waals surface area contributed by atoms with Crippen LogP contribution in [0.2, 0.25) is 0 Å². The average Bonchev–Trinajstić information content (AvgIpc) is 3.65. The predicted octanol–water partition coefficient (Wildman–Crippen LogP) is 4.07. The highest BCUT2D eigenvalue weighted by Crippen LogP contribution is 2.32. The van der Waals surface area contributed by atoms with E-state index in [-0.39, 0.29) is 5.91 Å². The fourth-order valence-electron chi connectivity index (χ4n) is 5.89. The molecule has 1 N–H and O–H groups in total. The van der Waals surface area contributed by atoms with E-state index in [1.807, 2.05) is 29.3 Å². The summed E-state index contributed by atoms with van der Waals surface area (Å²) in [6.07, 6.45) is 7.72. The third-order valence-electron chi connectivity index (χ3n) is 7.74. The van der Waals surface area contributed by atoms with Gasteiger partial charge in [0, 0.05) is 49.4 Å². The lowest BCUT2D eigenvalue weighted by atomic mass is 10.1. The Hall–Kier alpha value is -3.26. The van der Waals surface area contributed by atoms with Crippen LogP contribution in [0.25, 0.3) is 10.9 Å². The molecule has 36 heavy (non-hydrogen) atoms. The summed E-state index contributed by atoms with van der Waals surface area (Å²) in [4.78, 5) is 34.6. The van der Waals surface area contributed by atoms with Gasteiger partial charge in [0.1, 0.15) is 11.5 Å². The highest BCUT2D eigenvalue weighted by atomic mass is 16.2. The molecule has 3 aromatic rings. The summed E-state index contributed by atoms with van der Waals surface area (Å²) in [5.74, 6) is 1.50. The van der Waals surface area contributed by atoms with Crippen molar-refractivity contribution in [2.45, 2.75) is 58.2 Å². The fraction of sp³-hybridized carbons (Fsp3) is 0.500. The molecule has 1 amide bonds. The predicted molar refractivity (Wildman–Crippen MR) is 142 cm³/mol. The molecular weight excluding hydrogens is 450 g/mol. The largest absolute Gasteiger partial charge is 0.365 e. The molecule has 0 bridgehead atoms. The molecule has 2 saturated heterocycles. The van der Waals surface area contributed by atoms with Gasteiger partial charge in [0.15, 0.2) is 0 Å². The summed E-state index contributed by atoms with van der Waals surface area (Å²) in [5.41, 5.74) is 3.57. The number of nitrogens with zero attached hydrogens (tertiary/aromatic N) is 6. The van der Waals surface area contributed by atoms with Crippen molar-refractivity contribution < 1.29 is 4.79 Å². The van der Waals surface area contributed by atoms with Crippen molar-refractivity contribution >= 4 is 28.6 Å². The number of hydrogen-bond donors (Lipinski definition) is 1. The third-order valence-corrected chi connectivity index (χ3v) is 7.74. The zero-order valence-corrected chi connectivity index (χ0v) is 21.1.